The van der Waals surface area contributed by atoms with Gasteiger partial charge in [-0.25, -0.2) is 0 Å². The van der Waals surface area contributed by atoms with Gasteiger partial charge in [0.1, 0.15) is 17.8 Å². The van der Waals surface area contributed by atoms with E-state index in [9.17, 15) is 9.59 Å². The molecule has 0 saturated carbocycles. The molecule has 5 nitrogen and oxygen atoms in total. The molecule has 1 saturated heterocycles. The lowest BCUT2D eigenvalue weighted by atomic mass is 9.93. The van der Waals surface area contributed by atoms with Gasteiger partial charge in [0.05, 0.1) is 16.8 Å². The summed E-state index contributed by atoms with van der Waals surface area (Å²) in [5, 5.41) is 0.575. The Morgan fingerprint density at radius 3 is 2.41 bits per heavy atom. The predicted molar refractivity (Wildman–Crippen MR) is 155 cm³/mol. The van der Waals surface area contributed by atoms with E-state index in [0.717, 1.165) is 22.6 Å². The Labute approximate surface area is 239 Å². The quantitative estimate of drug-likeness (QED) is 0.293. The minimum atomic E-state index is -0.973. The summed E-state index contributed by atoms with van der Waals surface area (Å²) < 4.78 is 12.7. The van der Waals surface area contributed by atoms with E-state index < -0.39 is 29.8 Å². The molecule has 204 valence electrons. The number of esters is 1. The van der Waals surface area contributed by atoms with Crippen LogP contribution in [0.4, 0.5) is 0 Å². The number of carbonyl (C=O) groups excluding carboxylic acids is 2. The van der Waals surface area contributed by atoms with Gasteiger partial charge in [-0.3, -0.25) is 9.59 Å². The smallest absolute Gasteiger partial charge is 0.309 e. The molecule has 4 atom stereocenters. The summed E-state index contributed by atoms with van der Waals surface area (Å²) >= 11 is 16.0. The molecule has 3 rings (SSSR count). The standard InChI is InChI=1S/C28H37Cl2NO4S2/c1-8-19(16-36-28(5,6)7)31-24(21-12-13-22(30)37-21)25(17-10-9-11-18(29)14-17)34-20(26(31)33)15-23(32)35-27(2,3)4/h9-14,19-20,24-25H,8,15-16H2,1-7H3/t19-,20-,24+,25+/m0/s1. The third-order valence-electron chi connectivity index (χ3n) is 5.84. The van der Waals surface area contributed by atoms with Crippen LogP contribution in [0, 0.1) is 0 Å². The topological polar surface area (TPSA) is 55.8 Å². The maximum Gasteiger partial charge on any atom is 0.309 e. The second-order valence-electron chi connectivity index (χ2n) is 11.2. The Hall–Kier alpha value is -1.25. The van der Waals surface area contributed by atoms with E-state index in [0.29, 0.717) is 9.36 Å². The molecule has 9 heteroatoms. The number of amides is 1. The van der Waals surface area contributed by atoms with E-state index in [4.69, 9.17) is 32.7 Å². The first-order chi connectivity index (χ1) is 17.2. The van der Waals surface area contributed by atoms with Crippen molar-refractivity contribution in [3.8, 4) is 0 Å². The molecule has 0 unspecified atom stereocenters. The van der Waals surface area contributed by atoms with Crippen molar-refractivity contribution >= 4 is 58.2 Å². The lowest BCUT2D eigenvalue weighted by molar-refractivity contribution is -0.185. The highest BCUT2D eigenvalue weighted by Gasteiger charge is 2.48. The number of carbonyl (C=O) groups is 2. The van der Waals surface area contributed by atoms with Gasteiger partial charge in [0.15, 0.2) is 0 Å². The molecule has 37 heavy (non-hydrogen) atoms. The highest BCUT2D eigenvalue weighted by Crippen LogP contribution is 2.47. The van der Waals surface area contributed by atoms with Crippen molar-refractivity contribution in [1.82, 2.24) is 4.90 Å². The molecule has 0 N–H and O–H groups in total. The molecule has 1 amide bonds. The lowest BCUT2D eigenvalue weighted by Crippen LogP contribution is -2.56. The number of morpholine rings is 1. The molecule has 0 bridgehead atoms. The monoisotopic (exact) mass is 585 g/mol. The first kappa shape index (κ1) is 30.3. The maximum absolute atomic E-state index is 14.1. The number of hydrogen-bond acceptors (Lipinski definition) is 6. The molecule has 0 spiro atoms. The van der Waals surface area contributed by atoms with E-state index >= 15 is 0 Å². The summed E-state index contributed by atoms with van der Waals surface area (Å²) in [5.74, 6) is 0.0772. The number of ether oxygens (including phenoxy) is 2. The number of benzene rings is 1. The first-order valence-electron chi connectivity index (χ1n) is 12.5. The Kier molecular flexibility index (Phi) is 10.1. The zero-order valence-electron chi connectivity index (χ0n) is 22.5. The van der Waals surface area contributed by atoms with Gasteiger partial charge in [-0.1, -0.05) is 63.0 Å². The van der Waals surface area contributed by atoms with Crippen LogP contribution in [0.5, 0.6) is 0 Å². The predicted octanol–water partition coefficient (Wildman–Crippen LogP) is 8.11. The third-order valence-corrected chi connectivity index (χ3v) is 8.79. The fourth-order valence-corrected chi connectivity index (χ4v) is 6.77. The van der Waals surface area contributed by atoms with Crippen LogP contribution in [0.15, 0.2) is 36.4 Å². The van der Waals surface area contributed by atoms with Gasteiger partial charge in [-0.05, 0) is 57.0 Å². The zero-order chi connectivity index (χ0) is 27.5. The molecule has 0 radical (unpaired) electrons. The van der Waals surface area contributed by atoms with E-state index in [1.54, 1.807) is 6.07 Å². The summed E-state index contributed by atoms with van der Waals surface area (Å²) in [6.07, 6.45) is -0.914. The van der Waals surface area contributed by atoms with Gasteiger partial charge >= 0.3 is 5.97 Å². The normalized spacial score (nSPS) is 21.7. The summed E-state index contributed by atoms with van der Waals surface area (Å²) in [7, 11) is 0. The fraction of sp³-hybridized carbons (Fsp3) is 0.571. The first-order valence-corrected chi connectivity index (χ1v) is 15.1. The summed E-state index contributed by atoms with van der Waals surface area (Å²) in [4.78, 5) is 29.8. The molecular weight excluding hydrogens is 549 g/mol. The SMILES string of the molecule is CC[C@@H](CSC(C)(C)C)N1C(=O)[C@H](CC(=O)OC(C)(C)C)O[C@H](c2cccc(Cl)c2)[C@H]1c1ccc(Cl)s1. The van der Waals surface area contributed by atoms with E-state index in [1.165, 1.54) is 11.3 Å². The lowest BCUT2D eigenvalue weighted by Gasteiger charge is -2.47. The Bertz CT molecular complexity index is 1090. The molecular formula is C28H37Cl2NO4S2. The summed E-state index contributed by atoms with van der Waals surface area (Å²) in [5.41, 5.74) is 0.180. The second-order valence-corrected chi connectivity index (χ2v) is 15.2. The molecule has 1 aliphatic heterocycles. The van der Waals surface area contributed by atoms with Gasteiger partial charge in [-0.2, -0.15) is 11.8 Å². The van der Waals surface area contributed by atoms with Crippen LogP contribution >= 0.6 is 46.3 Å². The van der Waals surface area contributed by atoms with Crippen LogP contribution in [-0.4, -0.2) is 45.0 Å². The van der Waals surface area contributed by atoms with Crippen LogP contribution in [0.2, 0.25) is 9.36 Å². The molecule has 0 aliphatic carbocycles. The second kappa shape index (κ2) is 12.3. The van der Waals surface area contributed by atoms with Crippen molar-refractivity contribution in [3.63, 3.8) is 0 Å². The number of hydrogen-bond donors (Lipinski definition) is 0. The molecule has 1 aromatic carbocycles. The van der Waals surface area contributed by atoms with Crippen LogP contribution in [0.25, 0.3) is 0 Å². The fourth-order valence-electron chi connectivity index (χ4n) is 4.29. The third kappa shape index (κ3) is 8.37. The van der Waals surface area contributed by atoms with E-state index in [-0.39, 0.29) is 23.1 Å². The summed E-state index contributed by atoms with van der Waals surface area (Å²) in [6, 6.07) is 10.8. The van der Waals surface area contributed by atoms with E-state index in [1.807, 2.05) is 67.8 Å². The number of thiophene rings is 1. The summed E-state index contributed by atoms with van der Waals surface area (Å²) in [6.45, 7) is 14.0. The van der Waals surface area contributed by atoms with Gasteiger partial charge < -0.3 is 14.4 Å². The zero-order valence-corrected chi connectivity index (χ0v) is 25.7. The van der Waals surface area contributed by atoms with Crippen LogP contribution in [-0.2, 0) is 19.1 Å². The van der Waals surface area contributed by atoms with Crippen LogP contribution < -0.4 is 0 Å². The van der Waals surface area contributed by atoms with Gasteiger partial charge in [0.25, 0.3) is 5.91 Å². The van der Waals surface area contributed by atoms with Crippen molar-refractivity contribution in [2.45, 2.75) is 95.9 Å². The molecule has 1 fully saturated rings. The largest absolute Gasteiger partial charge is 0.460 e. The average Bonchev–Trinajstić information content (AvgIpc) is 3.20. The Morgan fingerprint density at radius 1 is 1.16 bits per heavy atom. The van der Waals surface area contributed by atoms with Crippen molar-refractivity contribution in [2.75, 3.05) is 5.75 Å². The average molecular weight is 587 g/mol. The molecule has 1 aromatic heterocycles. The van der Waals surface area contributed by atoms with Crippen molar-refractivity contribution in [2.24, 2.45) is 0 Å². The van der Waals surface area contributed by atoms with Crippen molar-refractivity contribution < 1.29 is 19.1 Å². The minimum absolute atomic E-state index is 0.0345. The molecule has 2 heterocycles. The van der Waals surface area contributed by atoms with E-state index in [2.05, 4.69) is 27.7 Å². The van der Waals surface area contributed by atoms with Gasteiger partial charge in [-0.15, -0.1) is 11.3 Å². The molecule has 1 aliphatic rings. The van der Waals surface area contributed by atoms with Crippen molar-refractivity contribution in [1.29, 1.82) is 0 Å². The van der Waals surface area contributed by atoms with Crippen molar-refractivity contribution in [3.05, 3.63) is 56.2 Å². The van der Waals surface area contributed by atoms with Gasteiger partial charge in [0, 0.05) is 26.4 Å². The minimum Gasteiger partial charge on any atom is -0.460 e. The van der Waals surface area contributed by atoms with Gasteiger partial charge in [0.2, 0.25) is 0 Å². The Balaban J connectivity index is 2.09. The van der Waals surface area contributed by atoms with Crippen LogP contribution in [0.3, 0.4) is 0 Å². The highest BCUT2D eigenvalue weighted by molar-refractivity contribution is 8.00. The number of halogens is 2. The maximum atomic E-state index is 14.1. The number of thioether (sulfide) groups is 1. The number of rotatable bonds is 8. The number of nitrogens with zero attached hydrogens (tertiary/aromatic N) is 1. The Morgan fingerprint density at radius 2 is 1.86 bits per heavy atom. The highest BCUT2D eigenvalue weighted by atomic mass is 35.5. The van der Waals surface area contributed by atoms with Crippen LogP contribution in [0.1, 0.15) is 83.9 Å². The molecule has 2 aromatic rings.